The van der Waals surface area contributed by atoms with Crippen LogP contribution in [0.25, 0.3) is 10.9 Å². The van der Waals surface area contributed by atoms with Crippen LogP contribution in [0, 0.1) is 0 Å². The van der Waals surface area contributed by atoms with Crippen LogP contribution in [0.5, 0.6) is 5.88 Å². The first-order valence-corrected chi connectivity index (χ1v) is 17.9. The number of anilines is 1. The van der Waals surface area contributed by atoms with Crippen molar-refractivity contribution in [1.82, 2.24) is 19.4 Å². The molecule has 4 atom stereocenters. The van der Waals surface area contributed by atoms with E-state index in [1.165, 1.54) is 15.9 Å². The number of piperazine rings is 1. The Morgan fingerprint density at radius 1 is 1.09 bits per heavy atom. The van der Waals surface area contributed by atoms with Gasteiger partial charge in [0.25, 0.3) is 0 Å². The predicted molar refractivity (Wildman–Crippen MR) is 179 cm³/mol. The van der Waals surface area contributed by atoms with Gasteiger partial charge < -0.3 is 14.4 Å². The third kappa shape index (κ3) is 6.91. The minimum absolute atomic E-state index is 0.0642. The number of amides is 1. The van der Waals surface area contributed by atoms with E-state index in [2.05, 4.69) is 9.97 Å². The molecule has 1 aromatic carbocycles. The topological polar surface area (TPSA) is 89.8 Å². The number of hydrogen-bond donors (Lipinski definition) is 1. The molecule has 9 nitrogen and oxygen atoms in total. The minimum atomic E-state index is -4.66. The van der Waals surface area contributed by atoms with Crippen LogP contribution in [-0.2, 0) is 17.5 Å². The van der Waals surface area contributed by atoms with Crippen molar-refractivity contribution >= 4 is 56.6 Å². The molecule has 5 heterocycles. The summed E-state index contributed by atoms with van der Waals surface area (Å²) in [6.45, 7) is 9.59. The normalized spacial score (nSPS) is 22.7. The van der Waals surface area contributed by atoms with Crippen molar-refractivity contribution in [3.05, 3.63) is 69.0 Å². The fourth-order valence-corrected chi connectivity index (χ4v) is 10.6. The van der Waals surface area contributed by atoms with Crippen molar-refractivity contribution in [1.29, 1.82) is 0 Å². The fraction of sp³-hybridized carbons (Fsp3) is 0.438. The Kier molecular flexibility index (Phi) is 8.90. The van der Waals surface area contributed by atoms with Crippen molar-refractivity contribution in [3.63, 3.8) is 0 Å². The molecule has 15 heteroatoms. The number of thiol groups is 1. The maximum Gasteiger partial charge on any atom is 0.416 e. The summed E-state index contributed by atoms with van der Waals surface area (Å²) >= 11 is 7.70. The van der Waals surface area contributed by atoms with Gasteiger partial charge in [0.1, 0.15) is 17.5 Å². The zero-order valence-corrected chi connectivity index (χ0v) is 28.9. The summed E-state index contributed by atoms with van der Waals surface area (Å²) < 4.78 is 57.9. The van der Waals surface area contributed by atoms with E-state index in [1.807, 2.05) is 13.8 Å². The molecule has 0 N–H and O–H groups in total. The number of halogens is 4. The Morgan fingerprint density at radius 2 is 1.81 bits per heavy atom. The lowest BCUT2D eigenvalue weighted by molar-refractivity contribution is -0.137. The molecule has 2 aliphatic rings. The number of nitrogens with zero attached hydrogens (tertiary/aromatic N) is 5. The van der Waals surface area contributed by atoms with Crippen molar-refractivity contribution in [2.75, 3.05) is 23.7 Å². The summed E-state index contributed by atoms with van der Waals surface area (Å²) in [6, 6.07) is 8.49. The Hall–Kier alpha value is -3.49. The Bertz CT molecular complexity index is 1850. The third-order valence-corrected chi connectivity index (χ3v) is 12.4. The van der Waals surface area contributed by atoms with Crippen LogP contribution in [-0.4, -0.2) is 68.2 Å². The van der Waals surface area contributed by atoms with E-state index in [-0.39, 0.29) is 42.9 Å². The highest BCUT2D eigenvalue weighted by Gasteiger charge is 2.39. The molecular weight excluding hydrogens is 675 g/mol. The SMILES string of the molecule is C[C@@H]1CN(c2nc(=O)n3c4c(cc(C(F)(F)F)cc24)[SH](c2cc(Cl)cs2)C[C@@H](Oc2ccccn2)C3)C[C@H](C)N1C(=O)OC(C)(C)C. The van der Waals surface area contributed by atoms with Gasteiger partial charge in [-0.1, -0.05) is 17.7 Å². The highest BCUT2D eigenvalue weighted by atomic mass is 35.5. The monoisotopic (exact) mass is 709 g/mol. The van der Waals surface area contributed by atoms with Crippen LogP contribution in [0.1, 0.15) is 40.2 Å². The maximum atomic E-state index is 14.6. The quantitative estimate of drug-likeness (QED) is 0.224. The molecule has 3 aromatic heterocycles. The highest BCUT2D eigenvalue weighted by Crippen LogP contribution is 2.54. The second-order valence-corrected chi connectivity index (χ2v) is 16.7. The van der Waals surface area contributed by atoms with E-state index in [9.17, 15) is 22.8 Å². The first-order valence-electron chi connectivity index (χ1n) is 15.1. The number of alkyl halides is 3. The summed E-state index contributed by atoms with van der Waals surface area (Å²) in [4.78, 5) is 39.5. The van der Waals surface area contributed by atoms with E-state index in [0.29, 0.717) is 27.1 Å². The predicted octanol–water partition coefficient (Wildman–Crippen LogP) is 7.24. The zero-order chi connectivity index (χ0) is 33.8. The highest BCUT2D eigenvalue weighted by molar-refractivity contribution is 8.18. The minimum Gasteiger partial charge on any atom is -0.472 e. The number of aromatic nitrogens is 3. The smallest absolute Gasteiger partial charge is 0.416 e. The van der Waals surface area contributed by atoms with Gasteiger partial charge in [0.2, 0.25) is 5.88 Å². The molecule has 0 bridgehead atoms. The standard InChI is InChI=1S/C32H35ClF3N5O4S2/c1-18-13-39(14-19(2)41(18)30(43)45-31(3,4)5)28-23-10-20(32(34,35)36)11-24-27(23)40(29(42)38-28)15-22(44-25-8-6-7-9-37-25)17-47(24)26-12-21(33)16-46-26/h6-12,16,18-19,22,47H,13-15,17H2,1-5H3/t18-,19+,22-/m0/s1. The average Bonchev–Trinajstić information content (AvgIpc) is 3.33. The molecule has 4 aromatic rings. The second kappa shape index (κ2) is 12.5. The van der Waals surface area contributed by atoms with Gasteiger partial charge in [-0.2, -0.15) is 29.1 Å². The first-order chi connectivity index (χ1) is 22.1. The number of carbonyl (C=O) groups excluding carboxylic acids is 1. The lowest BCUT2D eigenvalue weighted by atomic mass is 10.1. The van der Waals surface area contributed by atoms with Crippen LogP contribution in [0.2, 0.25) is 5.02 Å². The Morgan fingerprint density at radius 3 is 2.40 bits per heavy atom. The molecule has 0 saturated carbocycles. The van der Waals surface area contributed by atoms with E-state index in [1.54, 1.807) is 66.4 Å². The van der Waals surface area contributed by atoms with Gasteiger partial charge in [-0.15, -0.1) is 11.3 Å². The number of thiophene rings is 1. The van der Waals surface area contributed by atoms with Crippen LogP contribution in [0.4, 0.5) is 23.8 Å². The summed E-state index contributed by atoms with van der Waals surface area (Å²) in [5, 5.41) is 2.45. The molecule has 6 rings (SSSR count). The maximum absolute atomic E-state index is 14.6. The van der Waals surface area contributed by atoms with Gasteiger partial charge in [0.05, 0.1) is 34.7 Å². The molecule has 2 aliphatic heterocycles. The van der Waals surface area contributed by atoms with Crippen molar-refractivity contribution in [2.45, 2.75) is 80.2 Å². The molecule has 1 saturated heterocycles. The number of benzene rings is 1. The number of pyridine rings is 1. The largest absolute Gasteiger partial charge is 0.472 e. The van der Waals surface area contributed by atoms with Gasteiger partial charge in [0.15, 0.2) is 0 Å². The van der Waals surface area contributed by atoms with Gasteiger partial charge in [-0.25, -0.2) is 14.6 Å². The number of rotatable bonds is 4. The van der Waals surface area contributed by atoms with E-state index in [4.69, 9.17) is 21.1 Å². The molecule has 1 fully saturated rings. The van der Waals surface area contributed by atoms with Crippen LogP contribution < -0.4 is 15.3 Å². The molecule has 47 heavy (non-hydrogen) atoms. The summed E-state index contributed by atoms with van der Waals surface area (Å²) in [7, 11) is -1.46. The lowest BCUT2D eigenvalue weighted by Gasteiger charge is -2.45. The first kappa shape index (κ1) is 33.4. The van der Waals surface area contributed by atoms with E-state index >= 15 is 0 Å². The van der Waals surface area contributed by atoms with Gasteiger partial charge in [-0.05, 0) is 58.9 Å². The summed E-state index contributed by atoms with van der Waals surface area (Å²) in [6.07, 6.45) is -4.14. The van der Waals surface area contributed by atoms with Gasteiger partial charge >= 0.3 is 18.0 Å². The molecule has 0 aliphatic carbocycles. The lowest BCUT2D eigenvalue weighted by Crippen LogP contribution is -2.59. The molecule has 0 radical (unpaired) electrons. The van der Waals surface area contributed by atoms with Crippen LogP contribution in [0.3, 0.4) is 0 Å². The zero-order valence-electron chi connectivity index (χ0n) is 26.4. The molecule has 1 unspecified atom stereocenters. The Balaban J connectivity index is 1.51. The Labute approximate surface area is 281 Å². The second-order valence-electron chi connectivity index (χ2n) is 12.8. The van der Waals surface area contributed by atoms with Crippen LogP contribution >= 0.6 is 33.8 Å². The van der Waals surface area contributed by atoms with Gasteiger partial charge in [-0.3, -0.25) is 9.47 Å². The van der Waals surface area contributed by atoms with E-state index < -0.39 is 46.1 Å². The summed E-state index contributed by atoms with van der Waals surface area (Å²) in [5.41, 5.74) is -1.73. The number of hydrogen-bond acceptors (Lipinski definition) is 8. The number of carbonyl (C=O) groups is 1. The molecule has 1 amide bonds. The molecule has 0 spiro atoms. The van der Waals surface area contributed by atoms with Crippen LogP contribution in [0.15, 0.2) is 61.9 Å². The van der Waals surface area contributed by atoms with Crippen molar-refractivity contribution < 1.29 is 27.4 Å². The third-order valence-electron chi connectivity index (χ3n) is 7.99. The van der Waals surface area contributed by atoms with E-state index in [0.717, 1.165) is 16.3 Å². The van der Waals surface area contributed by atoms with Crippen molar-refractivity contribution in [2.24, 2.45) is 0 Å². The number of ether oxygens (including phenoxy) is 2. The average molecular weight is 710 g/mol. The molecular formula is C32H35ClF3N5O4S2. The van der Waals surface area contributed by atoms with Crippen molar-refractivity contribution in [3.8, 4) is 5.88 Å². The molecule has 252 valence electrons. The summed E-state index contributed by atoms with van der Waals surface area (Å²) in [5.74, 6) is 0.829. The fourth-order valence-electron chi connectivity index (χ4n) is 6.21. The van der Waals surface area contributed by atoms with Gasteiger partial charge in [0, 0.05) is 51.0 Å².